The number of allylic oxidation sites excluding steroid dienone is 1. The van der Waals surface area contributed by atoms with Gasteiger partial charge in [-0.2, -0.15) is 5.26 Å². The highest BCUT2D eigenvalue weighted by Crippen LogP contribution is 2.10. The van der Waals surface area contributed by atoms with Crippen LogP contribution in [0.2, 0.25) is 0 Å². The molecule has 0 aliphatic carbocycles. The summed E-state index contributed by atoms with van der Waals surface area (Å²) in [6.07, 6.45) is 3.21. The number of nitrogens with zero attached hydrogens (tertiary/aromatic N) is 1. The predicted molar refractivity (Wildman–Crippen MR) is 46.4 cm³/mol. The molecule has 1 rings (SSSR count). The lowest BCUT2D eigenvalue weighted by Crippen LogP contribution is -1.87. The number of benzene rings is 1. The number of rotatable bonds is 2. The average Bonchev–Trinajstić information content (AvgIpc) is 2.15. The third-order valence-electron chi connectivity index (χ3n) is 1.51. The first-order chi connectivity index (χ1) is 6.27. The zero-order chi connectivity index (χ0) is 9.68. The second kappa shape index (κ2) is 4.17. The van der Waals surface area contributed by atoms with Crippen molar-refractivity contribution in [3.63, 3.8) is 0 Å². The van der Waals surface area contributed by atoms with E-state index in [1.54, 1.807) is 6.07 Å². The second-order valence-corrected chi connectivity index (χ2v) is 2.35. The Morgan fingerprint density at radius 2 is 2.15 bits per heavy atom. The van der Waals surface area contributed by atoms with Crippen molar-refractivity contribution in [3.8, 4) is 6.07 Å². The quantitative estimate of drug-likeness (QED) is 0.510. The van der Waals surface area contributed by atoms with Crippen LogP contribution >= 0.6 is 0 Å². The Morgan fingerprint density at radius 1 is 1.38 bits per heavy atom. The summed E-state index contributed by atoms with van der Waals surface area (Å²) < 4.78 is 12.7. The normalized spacial score (nSPS) is 9.85. The van der Waals surface area contributed by atoms with E-state index < -0.39 is 5.82 Å². The molecule has 0 bridgehead atoms. The van der Waals surface area contributed by atoms with Crippen molar-refractivity contribution in [1.82, 2.24) is 0 Å². The molecule has 0 N–H and O–H groups in total. The van der Waals surface area contributed by atoms with Crippen LogP contribution in [0.5, 0.6) is 0 Å². The average molecular weight is 175 g/mol. The van der Waals surface area contributed by atoms with Gasteiger partial charge in [-0.3, -0.25) is 4.79 Å². The summed E-state index contributed by atoms with van der Waals surface area (Å²) in [6.45, 7) is 0. The van der Waals surface area contributed by atoms with Crippen LogP contribution < -0.4 is 0 Å². The fourth-order valence-electron chi connectivity index (χ4n) is 0.924. The molecule has 0 unspecified atom stereocenters. The number of carbonyl (C=O) groups excluding carboxylic acids is 1. The van der Waals surface area contributed by atoms with Crippen LogP contribution in [-0.4, -0.2) is 6.29 Å². The molecule has 0 amide bonds. The topological polar surface area (TPSA) is 40.9 Å². The third-order valence-corrected chi connectivity index (χ3v) is 1.51. The van der Waals surface area contributed by atoms with Crippen LogP contribution in [0.3, 0.4) is 0 Å². The van der Waals surface area contributed by atoms with Crippen molar-refractivity contribution in [2.75, 3.05) is 0 Å². The Hall–Kier alpha value is -1.95. The SMILES string of the molecule is N#CC=Cc1cc(F)ccc1C=O. The van der Waals surface area contributed by atoms with Crippen LogP contribution in [0, 0.1) is 17.1 Å². The highest BCUT2D eigenvalue weighted by Gasteiger charge is 1.99. The predicted octanol–water partition coefficient (Wildman–Crippen LogP) is 2.17. The second-order valence-electron chi connectivity index (χ2n) is 2.35. The van der Waals surface area contributed by atoms with Crippen molar-refractivity contribution in [2.24, 2.45) is 0 Å². The van der Waals surface area contributed by atoms with Gasteiger partial charge in [-0.15, -0.1) is 0 Å². The first-order valence-corrected chi connectivity index (χ1v) is 3.59. The van der Waals surface area contributed by atoms with Gasteiger partial charge >= 0.3 is 0 Å². The molecule has 0 atom stereocenters. The molecule has 3 heteroatoms. The highest BCUT2D eigenvalue weighted by atomic mass is 19.1. The summed E-state index contributed by atoms with van der Waals surface area (Å²) in [5.74, 6) is -0.428. The molecular weight excluding hydrogens is 169 g/mol. The molecule has 2 nitrogen and oxygen atoms in total. The van der Waals surface area contributed by atoms with E-state index in [0.29, 0.717) is 17.4 Å². The van der Waals surface area contributed by atoms with Crippen molar-refractivity contribution in [2.45, 2.75) is 0 Å². The molecule has 0 aliphatic heterocycles. The molecule has 64 valence electrons. The zero-order valence-electron chi connectivity index (χ0n) is 6.70. The van der Waals surface area contributed by atoms with Gasteiger partial charge in [-0.25, -0.2) is 4.39 Å². The zero-order valence-corrected chi connectivity index (χ0v) is 6.70. The summed E-state index contributed by atoms with van der Waals surface area (Å²) >= 11 is 0. The minimum absolute atomic E-state index is 0.368. The van der Waals surface area contributed by atoms with Gasteiger partial charge in [0.1, 0.15) is 5.82 Å². The smallest absolute Gasteiger partial charge is 0.150 e. The van der Waals surface area contributed by atoms with Crippen LogP contribution in [0.15, 0.2) is 24.3 Å². The minimum atomic E-state index is -0.428. The first kappa shape index (κ1) is 9.14. The molecular formula is C10H6FNO. The molecule has 1 aromatic carbocycles. The van der Waals surface area contributed by atoms with Crippen LogP contribution in [0.1, 0.15) is 15.9 Å². The lowest BCUT2D eigenvalue weighted by atomic mass is 10.1. The van der Waals surface area contributed by atoms with E-state index in [1.165, 1.54) is 30.4 Å². The maximum atomic E-state index is 12.7. The fourth-order valence-corrected chi connectivity index (χ4v) is 0.924. The van der Waals surface area contributed by atoms with Gasteiger partial charge in [0.05, 0.1) is 6.07 Å². The lowest BCUT2D eigenvalue weighted by Gasteiger charge is -1.97. The van der Waals surface area contributed by atoms with Crippen molar-refractivity contribution < 1.29 is 9.18 Å². The van der Waals surface area contributed by atoms with Crippen molar-refractivity contribution in [1.29, 1.82) is 5.26 Å². The molecule has 0 aromatic heterocycles. The number of hydrogen-bond donors (Lipinski definition) is 0. The standard InChI is InChI=1S/C10H6FNO/c11-10-4-3-9(7-13)8(6-10)2-1-5-12/h1-4,6-7H. The van der Waals surface area contributed by atoms with E-state index in [2.05, 4.69) is 0 Å². The number of halogens is 1. The van der Waals surface area contributed by atoms with Crippen LogP contribution in [-0.2, 0) is 0 Å². The summed E-state index contributed by atoms with van der Waals surface area (Å²) in [6, 6.07) is 5.55. The highest BCUT2D eigenvalue weighted by molar-refractivity contribution is 5.81. The van der Waals surface area contributed by atoms with Crippen LogP contribution in [0.4, 0.5) is 4.39 Å². The molecule has 13 heavy (non-hydrogen) atoms. The van der Waals surface area contributed by atoms with E-state index in [4.69, 9.17) is 5.26 Å². The van der Waals surface area contributed by atoms with E-state index in [1.807, 2.05) is 0 Å². The maximum absolute atomic E-state index is 12.7. The van der Waals surface area contributed by atoms with Gasteiger partial charge in [-0.1, -0.05) is 0 Å². The molecule has 0 aliphatic rings. The maximum Gasteiger partial charge on any atom is 0.150 e. The number of carbonyl (C=O) groups is 1. The van der Waals surface area contributed by atoms with Gasteiger partial charge in [-0.05, 0) is 29.8 Å². The Balaban J connectivity index is 3.17. The summed E-state index contributed by atoms with van der Waals surface area (Å²) in [4.78, 5) is 10.5. The van der Waals surface area contributed by atoms with E-state index in [-0.39, 0.29) is 0 Å². The van der Waals surface area contributed by atoms with Gasteiger partial charge in [0.25, 0.3) is 0 Å². The Labute approximate surface area is 74.9 Å². The van der Waals surface area contributed by atoms with Crippen molar-refractivity contribution >= 4 is 12.4 Å². The van der Waals surface area contributed by atoms with Gasteiger partial charge in [0, 0.05) is 11.6 Å². The fraction of sp³-hybridized carbons (Fsp3) is 0. The Morgan fingerprint density at radius 3 is 2.77 bits per heavy atom. The van der Waals surface area contributed by atoms with Gasteiger partial charge < -0.3 is 0 Å². The third kappa shape index (κ3) is 2.24. The molecule has 0 saturated carbocycles. The molecule has 0 saturated heterocycles. The minimum Gasteiger partial charge on any atom is -0.298 e. The number of aldehydes is 1. The van der Waals surface area contributed by atoms with Gasteiger partial charge in [0.2, 0.25) is 0 Å². The van der Waals surface area contributed by atoms with Crippen molar-refractivity contribution in [3.05, 3.63) is 41.2 Å². The number of hydrogen-bond acceptors (Lipinski definition) is 2. The van der Waals surface area contributed by atoms with Crippen LogP contribution in [0.25, 0.3) is 6.08 Å². The summed E-state index contributed by atoms with van der Waals surface area (Å²) in [5, 5.41) is 8.24. The van der Waals surface area contributed by atoms with Gasteiger partial charge in [0.15, 0.2) is 6.29 Å². The summed E-state index contributed by atoms with van der Waals surface area (Å²) in [7, 11) is 0. The Kier molecular flexibility index (Phi) is 2.93. The van der Waals surface area contributed by atoms with E-state index in [0.717, 1.165) is 0 Å². The molecule has 0 spiro atoms. The molecule has 0 radical (unpaired) electrons. The summed E-state index contributed by atoms with van der Waals surface area (Å²) in [5.41, 5.74) is 0.782. The monoisotopic (exact) mass is 175 g/mol. The number of nitriles is 1. The molecule has 0 heterocycles. The molecule has 0 fully saturated rings. The largest absolute Gasteiger partial charge is 0.298 e. The Bertz CT molecular complexity index is 390. The lowest BCUT2D eigenvalue weighted by molar-refractivity contribution is 0.112. The first-order valence-electron chi connectivity index (χ1n) is 3.59. The van der Waals surface area contributed by atoms with E-state index in [9.17, 15) is 9.18 Å². The van der Waals surface area contributed by atoms with E-state index >= 15 is 0 Å². The molecule has 1 aromatic rings.